The number of guanidine groups is 1. The third kappa shape index (κ3) is 8.00. The first kappa shape index (κ1) is 25.4. The lowest BCUT2D eigenvalue weighted by molar-refractivity contribution is 0.100. The molecule has 3 aromatic carbocycles. The van der Waals surface area contributed by atoms with Gasteiger partial charge in [-0.2, -0.15) is 0 Å². The van der Waals surface area contributed by atoms with Gasteiger partial charge in [0.2, 0.25) is 5.91 Å². The number of amides is 1. The van der Waals surface area contributed by atoms with Crippen molar-refractivity contribution in [1.29, 1.82) is 0 Å². The van der Waals surface area contributed by atoms with Gasteiger partial charge in [-0.3, -0.25) is 4.79 Å². The lowest BCUT2D eigenvalue weighted by Crippen LogP contribution is -2.39. The zero-order valence-electron chi connectivity index (χ0n) is 18.3. The molecule has 3 aromatic rings. The van der Waals surface area contributed by atoms with Gasteiger partial charge in [-0.15, -0.1) is 24.0 Å². The third-order valence-corrected chi connectivity index (χ3v) is 5.11. The van der Waals surface area contributed by atoms with E-state index in [0.717, 1.165) is 31.0 Å². The van der Waals surface area contributed by atoms with Crippen LogP contribution in [0.4, 0.5) is 0 Å². The van der Waals surface area contributed by atoms with E-state index in [1.54, 1.807) is 12.1 Å². The van der Waals surface area contributed by atoms with Gasteiger partial charge in [-0.05, 0) is 42.2 Å². The first-order valence-electron chi connectivity index (χ1n) is 10.7. The lowest BCUT2D eigenvalue weighted by atomic mass is 9.92. The zero-order chi connectivity index (χ0) is 21.9. The molecule has 0 saturated carbocycles. The van der Waals surface area contributed by atoms with Crippen LogP contribution in [0, 0.1) is 0 Å². The normalized spacial score (nSPS) is 11.8. The number of carbonyl (C=O) groups is 1. The van der Waals surface area contributed by atoms with E-state index in [9.17, 15) is 4.79 Å². The number of benzene rings is 3. The number of primary amides is 1. The van der Waals surface area contributed by atoms with Gasteiger partial charge in [0, 0.05) is 24.6 Å². The van der Waals surface area contributed by atoms with Gasteiger partial charge in [-0.1, -0.05) is 72.8 Å². The number of halogens is 1. The van der Waals surface area contributed by atoms with Gasteiger partial charge in [-0.25, -0.2) is 4.99 Å². The van der Waals surface area contributed by atoms with Gasteiger partial charge >= 0.3 is 0 Å². The molecule has 0 aliphatic carbocycles. The number of rotatable bonds is 9. The Bertz CT molecular complexity index is 976. The predicted octanol–water partition coefficient (Wildman–Crippen LogP) is 4.49. The van der Waals surface area contributed by atoms with Crippen LogP contribution < -0.4 is 16.4 Å². The van der Waals surface area contributed by atoms with E-state index >= 15 is 0 Å². The smallest absolute Gasteiger partial charge is 0.248 e. The molecule has 1 unspecified atom stereocenters. The maximum Gasteiger partial charge on any atom is 0.248 e. The Morgan fingerprint density at radius 1 is 0.875 bits per heavy atom. The number of nitrogens with one attached hydrogen (secondary N) is 2. The van der Waals surface area contributed by atoms with Crippen LogP contribution >= 0.6 is 24.0 Å². The summed E-state index contributed by atoms with van der Waals surface area (Å²) in [7, 11) is 0. The molecule has 0 aliphatic rings. The molecule has 0 aromatic heterocycles. The quantitative estimate of drug-likeness (QED) is 0.212. The van der Waals surface area contributed by atoms with Crippen molar-refractivity contribution in [3.63, 3.8) is 0 Å². The van der Waals surface area contributed by atoms with Crippen molar-refractivity contribution < 1.29 is 4.79 Å². The summed E-state index contributed by atoms with van der Waals surface area (Å²) < 4.78 is 0. The number of aliphatic imine (C=N–C) groups is 1. The van der Waals surface area contributed by atoms with Gasteiger partial charge < -0.3 is 16.4 Å². The summed E-state index contributed by atoms with van der Waals surface area (Å²) in [4.78, 5) is 15.9. The minimum atomic E-state index is -0.421. The van der Waals surface area contributed by atoms with E-state index < -0.39 is 5.91 Å². The summed E-state index contributed by atoms with van der Waals surface area (Å²) in [5.41, 5.74) is 9.45. The van der Waals surface area contributed by atoms with Gasteiger partial charge in [0.25, 0.3) is 0 Å². The van der Waals surface area contributed by atoms with Crippen LogP contribution in [0.5, 0.6) is 0 Å². The highest BCUT2D eigenvalue weighted by Gasteiger charge is 2.13. The standard InChI is InChI=1S/C26H30N4O.HI/c1-2-28-26(29-18-21-13-15-23(16-14-21)25(27)31)30-19-24(22-11-7-4-8-12-22)17-20-9-5-3-6-10-20;/h3-16,24H,2,17-19H2,1H3,(H2,27,31)(H2,28,29,30);1H. The highest BCUT2D eigenvalue weighted by molar-refractivity contribution is 14.0. The molecule has 0 saturated heterocycles. The molecule has 32 heavy (non-hydrogen) atoms. The van der Waals surface area contributed by atoms with Gasteiger partial charge in [0.15, 0.2) is 5.96 Å². The fraction of sp³-hybridized carbons (Fsp3) is 0.231. The summed E-state index contributed by atoms with van der Waals surface area (Å²) in [6.45, 7) is 4.12. The third-order valence-electron chi connectivity index (χ3n) is 5.11. The molecule has 0 heterocycles. The monoisotopic (exact) mass is 542 g/mol. The van der Waals surface area contributed by atoms with E-state index in [-0.39, 0.29) is 24.0 Å². The van der Waals surface area contributed by atoms with Crippen molar-refractivity contribution in [3.8, 4) is 0 Å². The molecular formula is C26H31IN4O. The summed E-state index contributed by atoms with van der Waals surface area (Å²) in [6.07, 6.45) is 0.950. The van der Waals surface area contributed by atoms with E-state index in [0.29, 0.717) is 18.0 Å². The molecular weight excluding hydrogens is 511 g/mol. The number of nitrogens with zero attached hydrogens (tertiary/aromatic N) is 1. The summed E-state index contributed by atoms with van der Waals surface area (Å²) in [5.74, 6) is 0.674. The Kier molecular flexibility index (Phi) is 10.7. The van der Waals surface area contributed by atoms with Crippen molar-refractivity contribution in [3.05, 3.63) is 107 Å². The molecule has 0 fully saturated rings. The summed E-state index contributed by atoms with van der Waals surface area (Å²) in [5, 5.41) is 6.82. The van der Waals surface area contributed by atoms with E-state index in [1.807, 2.05) is 24.3 Å². The van der Waals surface area contributed by atoms with Crippen LogP contribution in [-0.4, -0.2) is 25.0 Å². The second-order valence-corrected chi connectivity index (χ2v) is 7.43. The second kappa shape index (κ2) is 13.5. The largest absolute Gasteiger partial charge is 0.366 e. The molecule has 0 bridgehead atoms. The van der Waals surface area contributed by atoms with Crippen molar-refractivity contribution >= 4 is 35.8 Å². The number of carbonyl (C=O) groups excluding carboxylic acids is 1. The van der Waals surface area contributed by atoms with Crippen molar-refractivity contribution in [1.82, 2.24) is 10.6 Å². The Morgan fingerprint density at radius 2 is 1.50 bits per heavy atom. The van der Waals surface area contributed by atoms with Crippen molar-refractivity contribution in [2.45, 2.75) is 25.8 Å². The van der Waals surface area contributed by atoms with Crippen LogP contribution in [0.25, 0.3) is 0 Å². The SMILES string of the molecule is CCNC(=NCc1ccc(C(N)=O)cc1)NCC(Cc1ccccc1)c1ccccc1.I. The molecule has 3 rings (SSSR count). The minimum Gasteiger partial charge on any atom is -0.366 e. The van der Waals surface area contributed by atoms with Gasteiger partial charge in [0.05, 0.1) is 6.54 Å². The van der Waals surface area contributed by atoms with Crippen LogP contribution in [0.15, 0.2) is 89.9 Å². The fourth-order valence-corrected chi connectivity index (χ4v) is 3.44. The molecule has 4 N–H and O–H groups in total. The van der Waals surface area contributed by atoms with E-state index in [1.165, 1.54) is 11.1 Å². The number of hydrogen-bond donors (Lipinski definition) is 3. The first-order chi connectivity index (χ1) is 15.2. The van der Waals surface area contributed by atoms with E-state index in [4.69, 9.17) is 10.7 Å². The molecule has 0 aliphatic heterocycles. The Morgan fingerprint density at radius 3 is 2.09 bits per heavy atom. The zero-order valence-corrected chi connectivity index (χ0v) is 20.7. The summed E-state index contributed by atoms with van der Waals surface area (Å²) >= 11 is 0. The summed E-state index contributed by atoms with van der Waals surface area (Å²) in [6, 6.07) is 28.4. The minimum absolute atomic E-state index is 0. The van der Waals surface area contributed by atoms with Gasteiger partial charge in [0.1, 0.15) is 0 Å². The predicted molar refractivity (Wildman–Crippen MR) is 143 cm³/mol. The van der Waals surface area contributed by atoms with Crippen LogP contribution in [0.3, 0.4) is 0 Å². The van der Waals surface area contributed by atoms with Crippen LogP contribution in [0.2, 0.25) is 0 Å². The van der Waals surface area contributed by atoms with E-state index in [2.05, 4.69) is 66.1 Å². The lowest BCUT2D eigenvalue weighted by Gasteiger charge is -2.20. The molecule has 1 atom stereocenters. The Labute approximate surface area is 207 Å². The first-order valence-corrected chi connectivity index (χ1v) is 10.7. The maximum absolute atomic E-state index is 11.2. The molecule has 1 amide bonds. The highest BCUT2D eigenvalue weighted by atomic mass is 127. The van der Waals surface area contributed by atoms with Crippen molar-refractivity contribution in [2.24, 2.45) is 10.7 Å². The number of nitrogens with two attached hydrogens (primary N) is 1. The average molecular weight is 542 g/mol. The van der Waals surface area contributed by atoms with Crippen LogP contribution in [0.1, 0.15) is 39.9 Å². The average Bonchev–Trinajstić information content (AvgIpc) is 2.81. The van der Waals surface area contributed by atoms with Crippen LogP contribution in [-0.2, 0) is 13.0 Å². The second-order valence-electron chi connectivity index (χ2n) is 7.43. The fourth-order valence-electron chi connectivity index (χ4n) is 3.44. The van der Waals surface area contributed by atoms with Crippen molar-refractivity contribution in [2.75, 3.05) is 13.1 Å². The highest BCUT2D eigenvalue weighted by Crippen LogP contribution is 2.20. The molecule has 5 nitrogen and oxygen atoms in total. The Hall–Kier alpha value is -2.87. The molecule has 168 valence electrons. The molecule has 0 spiro atoms. The topological polar surface area (TPSA) is 79.5 Å². The molecule has 6 heteroatoms. The maximum atomic E-state index is 11.2. The Balaban J connectivity index is 0.00000363. The molecule has 0 radical (unpaired) electrons. The number of hydrogen-bond acceptors (Lipinski definition) is 2.